The van der Waals surface area contributed by atoms with Gasteiger partial charge in [-0.05, 0) is 55.2 Å². The van der Waals surface area contributed by atoms with E-state index < -0.39 is 6.10 Å². The molecular weight excluding hydrogens is 376 g/mol. The summed E-state index contributed by atoms with van der Waals surface area (Å²) in [5.74, 6) is 0.592. The molecule has 0 saturated heterocycles. The van der Waals surface area contributed by atoms with Crippen molar-refractivity contribution in [1.29, 1.82) is 0 Å². The van der Waals surface area contributed by atoms with Crippen molar-refractivity contribution in [3.63, 3.8) is 0 Å². The molecular formula is C22H27ClN2O3. The third-order valence-corrected chi connectivity index (χ3v) is 4.70. The Balaban J connectivity index is 1.77. The molecule has 0 saturated carbocycles. The van der Waals surface area contributed by atoms with Gasteiger partial charge in [0.1, 0.15) is 5.75 Å². The predicted octanol–water partition coefficient (Wildman–Crippen LogP) is 4.09. The van der Waals surface area contributed by atoms with Crippen LogP contribution in [-0.2, 0) is 4.79 Å². The Bertz CT molecular complexity index is 836. The number of hydrogen-bond acceptors (Lipinski definition) is 3. The molecule has 0 aromatic heterocycles. The maximum absolute atomic E-state index is 12.2. The van der Waals surface area contributed by atoms with Crippen LogP contribution < -0.4 is 15.4 Å². The molecule has 28 heavy (non-hydrogen) atoms. The summed E-state index contributed by atoms with van der Waals surface area (Å²) in [5.41, 5.74) is 2.81. The Labute approximate surface area is 171 Å². The first-order valence-electron chi connectivity index (χ1n) is 9.37. The number of amides is 2. The average molecular weight is 403 g/mol. The van der Waals surface area contributed by atoms with Crippen molar-refractivity contribution >= 4 is 23.4 Å². The maximum atomic E-state index is 12.2. The highest BCUT2D eigenvalue weighted by Crippen LogP contribution is 2.24. The highest BCUT2D eigenvalue weighted by molar-refractivity contribution is 6.33. The Kier molecular flexibility index (Phi) is 7.88. The fourth-order valence-electron chi connectivity index (χ4n) is 2.87. The van der Waals surface area contributed by atoms with Crippen molar-refractivity contribution < 1.29 is 14.3 Å². The van der Waals surface area contributed by atoms with Crippen LogP contribution in [0.4, 0.5) is 0 Å². The van der Waals surface area contributed by atoms with Crippen molar-refractivity contribution in [2.75, 3.05) is 13.1 Å². The maximum Gasteiger partial charge on any atom is 0.260 e. The molecule has 1 unspecified atom stereocenters. The molecule has 1 atom stereocenters. The summed E-state index contributed by atoms with van der Waals surface area (Å²) in [6.45, 7) is 8.61. The number of aryl methyl sites for hydroxylation is 1. The number of rotatable bonds is 8. The van der Waals surface area contributed by atoms with Gasteiger partial charge in [-0.25, -0.2) is 0 Å². The van der Waals surface area contributed by atoms with Gasteiger partial charge in [0, 0.05) is 13.1 Å². The number of carbonyl (C=O) groups excluding carboxylic acids is 2. The Morgan fingerprint density at radius 3 is 2.36 bits per heavy atom. The number of hydrogen-bond donors (Lipinski definition) is 2. The molecule has 0 heterocycles. The van der Waals surface area contributed by atoms with Crippen LogP contribution in [0.3, 0.4) is 0 Å². The van der Waals surface area contributed by atoms with Gasteiger partial charge >= 0.3 is 0 Å². The van der Waals surface area contributed by atoms with E-state index in [1.807, 2.05) is 25.1 Å². The summed E-state index contributed by atoms with van der Waals surface area (Å²) in [5, 5.41) is 5.88. The third kappa shape index (κ3) is 5.99. The van der Waals surface area contributed by atoms with Gasteiger partial charge in [-0.1, -0.05) is 43.6 Å². The molecule has 0 fully saturated rings. The van der Waals surface area contributed by atoms with E-state index >= 15 is 0 Å². The van der Waals surface area contributed by atoms with E-state index in [0.29, 0.717) is 35.3 Å². The Morgan fingerprint density at radius 1 is 1.04 bits per heavy atom. The fraction of sp³-hybridized carbons (Fsp3) is 0.364. The normalized spacial score (nSPS) is 11.8. The summed E-state index contributed by atoms with van der Waals surface area (Å²) in [6.07, 6.45) is -0.636. The lowest BCUT2D eigenvalue weighted by Crippen LogP contribution is -2.40. The lowest BCUT2D eigenvalue weighted by molar-refractivity contribution is -0.127. The second kappa shape index (κ2) is 10.1. The minimum Gasteiger partial charge on any atom is -0.481 e. The highest BCUT2D eigenvalue weighted by Gasteiger charge is 2.15. The topological polar surface area (TPSA) is 67.4 Å². The number of benzene rings is 2. The largest absolute Gasteiger partial charge is 0.481 e. The molecule has 2 N–H and O–H groups in total. The summed E-state index contributed by atoms with van der Waals surface area (Å²) in [4.78, 5) is 24.3. The molecule has 2 rings (SSSR count). The molecule has 0 aliphatic heterocycles. The first kappa shape index (κ1) is 21.8. The van der Waals surface area contributed by atoms with E-state index in [0.717, 1.165) is 5.56 Å². The molecule has 0 aliphatic carbocycles. The zero-order chi connectivity index (χ0) is 20.7. The molecule has 5 nitrogen and oxygen atoms in total. The summed E-state index contributed by atoms with van der Waals surface area (Å²) in [6, 6.07) is 12.7. The van der Waals surface area contributed by atoms with Crippen molar-refractivity contribution in [1.82, 2.24) is 10.6 Å². The van der Waals surface area contributed by atoms with Gasteiger partial charge in [0.15, 0.2) is 6.10 Å². The van der Waals surface area contributed by atoms with Gasteiger partial charge in [-0.3, -0.25) is 9.59 Å². The number of halogens is 1. The number of nitrogens with one attached hydrogen (secondary N) is 2. The van der Waals surface area contributed by atoms with Crippen LogP contribution in [0.15, 0.2) is 42.5 Å². The van der Waals surface area contributed by atoms with E-state index in [-0.39, 0.29) is 11.8 Å². The quantitative estimate of drug-likeness (QED) is 0.653. The summed E-state index contributed by atoms with van der Waals surface area (Å²) < 4.78 is 5.74. The molecule has 2 aromatic carbocycles. The van der Waals surface area contributed by atoms with Crippen LogP contribution >= 0.6 is 11.6 Å². The molecule has 150 valence electrons. The molecule has 0 aliphatic rings. The molecule has 2 aromatic rings. The Hall–Kier alpha value is -2.53. The van der Waals surface area contributed by atoms with E-state index in [4.69, 9.17) is 16.3 Å². The summed E-state index contributed by atoms with van der Waals surface area (Å²) in [7, 11) is 0. The van der Waals surface area contributed by atoms with Crippen molar-refractivity contribution in [2.24, 2.45) is 0 Å². The molecule has 0 radical (unpaired) electrons. The molecule has 6 heteroatoms. The monoisotopic (exact) mass is 402 g/mol. The van der Waals surface area contributed by atoms with Crippen LogP contribution in [0.2, 0.25) is 5.02 Å². The van der Waals surface area contributed by atoms with Gasteiger partial charge in [0.2, 0.25) is 0 Å². The molecule has 0 bridgehead atoms. The van der Waals surface area contributed by atoms with Crippen molar-refractivity contribution in [3.8, 4) is 5.75 Å². The molecule has 2 amide bonds. The predicted molar refractivity (Wildman–Crippen MR) is 112 cm³/mol. The lowest BCUT2D eigenvalue weighted by atomic mass is 9.98. The second-order valence-corrected chi connectivity index (χ2v) is 7.37. The van der Waals surface area contributed by atoms with E-state index in [1.54, 1.807) is 31.2 Å². The first-order valence-corrected chi connectivity index (χ1v) is 9.75. The van der Waals surface area contributed by atoms with Crippen LogP contribution in [0.1, 0.15) is 48.2 Å². The SMILES string of the molecule is Cc1cc(OC(C)C(=O)NCCNC(=O)c2ccccc2Cl)ccc1C(C)C. The zero-order valence-electron chi connectivity index (χ0n) is 16.7. The van der Waals surface area contributed by atoms with Crippen molar-refractivity contribution in [2.45, 2.75) is 39.7 Å². The van der Waals surface area contributed by atoms with Crippen LogP contribution in [-0.4, -0.2) is 31.0 Å². The first-order chi connectivity index (χ1) is 13.3. The van der Waals surface area contributed by atoms with E-state index in [2.05, 4.69) is 24.5 Å². The van der Waals surface area contributed by atoms with Gasteiger partial charge in [0.05, 0.1) is 10.6 Å². The van der Waals surface area contributed by atoms with Gasteiger partial charge < -0.3 is 15.4 Å². The van der Waals surface area contributed by atoms with Crippen LogP contribution in [0.5, 0.6) is 5.75 Å². The Morgan fingerprint density at radius 2 is 1.71 bits per heavy atom. The second-order valence-electron chi connectivity index (χ2n) is 6.96. The molecule has 0 spiro atoms. The van der Waals surface area contributed by atoms with Crippen molar-refractivity contribution in [3.05, 3.63) is 64.2 Å². The zero-order valence-corrected chi connectivity index (χ0v) is 17.5. The third-order valence-electron chi connectivity index (χ3n) is 4.37. The highest BCUT2D eigenvalue weighted by atomic mass is 35.5. The fourth-order valence-corrected chi connectivity index (χ4v) is 3.09. The van der Waals surface area contributed by atoms with Gasteiger partial charge in [-0.2, -0.15) is 0 Å². The van der Waals surface area contributed by atoms with Gasteiger partial charge in [0.25, 0.3) is 11.8 Å². The smallest absolute Gasteiger partial charge is 0.260 e. The van der Waals surface area contributed by atoms with Crippen LogP contribution in [0, 0.1) is 6.92 Å². The standard InChI is InChI=1S/C22H27ClN2O3/c1-14(2)18-10-9-17(13-15(18)3)28-16(4)21(26)24-11-12-25-22(27)19-7-5-6-8-20(19)23/h5-10,13-14,16H,11-12H2,1-4H3,(H,24,26)(H,25,27). The van der Waals surface area contributed by atoms with Crippen LogP contribution in [0.25, 0.3) is 0 Å². The van der Waals surface area contributed by atoms with E-state index in [9.17, 15) is 9.59 Å². The van der Waals surface area contributed by atoms with E-state index in [1.165, 1.54) is 5.56 Å². The number of ether oxygens (including phenoxy) is 1. The minimum atomic E-state index is -0.636. The van der Waals surface area contributed by atoms with Gasteiger partial charge in [-0.15, -0.1) is 0 Å². The average Bonchev–Trinajstić information content (AvgIpc) is 2.65. The lowest BCUT2D eigenvalue weighted by Gasteiger charge is -2.17. The number of carbonyl (C=O) groups is 2. The minimum absolute atomic E-state index is 0.238. The summed E-state index contributed by atoms with van der Waals surface area (Å²) >= 11 is 5.99.